The number of halogens is 5. The number of piperidine rings is 1. The predicted molar refractivity (Wildman–Crippen MR) is 146 cm³/mol. The summed E-state index contributed by atoms with van der Waals surface area (Å²) < 4.78 is 59.8. The number of rotatable bonds is 6. The zero-order chi connectivity index (χ0) is 30.2. The molecule has 0 aromatic heterocycles. The summed E-state index contributed by atoms with van der Waals surface area (Å²) in [4.78, 5) is 44.2. The Hall–Kier alpha value is -3.34. The fourth-order valence-electron chi connectivity index (χ4n) is 6.21. The van der Waals surface area contributed by atoms with Crippen molar-refractivity contribution < 1.29 is 36.7 Å². The molecule has 226 valence electrons. The van der Waals surface area contributed by atoms with Crippen LogP contribution in [0.25, 0.3) is 0 Å². The Morgan fingerprint density at radius 3 is 2.19 bits per heavy atom. The minimum Gasteiger partial charge on any atom is -0.410 e. The van der Waals surface area contributed by atoms with E-state index in [-0.39, 0.29) is 48.1 Å². The zero-order valence-corrected chi connectivity index (χ0v) is 23.8. The molecule has 3 amide bonds. The van der Waals surface area contributed by atoms with Crippen LogP contribution in [0.15, 0.2) is 42.5 Å². The third-order valence-electron chi connectivity index (χ3n) is 8.56. The van der Waals surface area contributed by atoms with E-state index in [9.17, 15) is 31.9 Å². The van der Waals surface area contributed by atoms with Gasteiger partial charge in [0.2, 0.25) is 17.7 Å². The van der Waals surface area contributed by atoms with Crippen molar-refractivity contribution in [3.05, 3.63) is 64.7 Å². The first-order chi connectivity index (χ1) is 20.0. The summed E-state index contributed by atoms with van der Waals surface area (Å²) in [5.41, 5.74) is 0.572. The zero-order valence-electron chi connectivity index (χ0n) is 23.1. The summed E-state index contributed by atoms with van der Waals surface area (Å²) in [5, 5.41) is -0.0452. The molecule has 3 fully saturated rings. The van der Waals surface area contributed by atoms with Crippen LogP contribution in [0.4, 0.5) is 22.4 Å². The Labute approximate surface area is 246 Å². The van der Waals surface area contributed by atoms with Gasteiger partial charge >= 0.3 is 6.09 Å². The number of likely N-dealkylation sites (tertiary alicyclic amines) is 2. The number of ether oxygens (including phenoxy) is 1. The van der Waals surface area contributed by atoms with Crippen LogP contribution in [0.1, 0.15) is 44.1 Å². The molecule has 1 saturated carbocycles. The number of likely N-dealkylation sites (N-methyl/N-ethyl adjacent to an activating group) is 1. The minimum absolute atomic E-state index is 0.0452. The highest BCUT2D eigenvalue weighted by atomic mass is 35.5. The standard InChI is InChI=1S/C30H32ClF4N3O4/c1-2-38(29(41)42-22-6-4-21(32)5-7-22)26-17-37(16-23(26)19-3-8-24(31)25(33)13-19)27(39)18-9-11-36(12-10-18)28(40)20-14-30(34,35)15-20/h3-8,13,18,20,23,26H,2,9-12,14-17H2,1H3. The Morgan fingerprint density at radius 1 is 0.952 bits per heavy atom. The number of nitrogens with zero attached hydrogens (tertiary/aromatic N) is 3. The Bertz CT molecular complexity index is 1330. The van der Waals surface area contributed by atoms with Crippen molar-refractivity contribution in [3.8, 4) is 5.75 Å². The van der Waals surface area contributed by atoms with E-state index in [0.717, 1.165) is 0 Å². The van der Waals surface area contributed by atoms with Crippen LogP contribution in [0.2, 0.25) is 5.02 Å². The Balaban J connectivity index is 1.29. The minimum atomic E-state index is -2.78. The molecule has 0 N–H and O–H groups in total. The van der Waals surface area contributed by atoms with Gasteiger partial charge in [-0.1, -0.05) is 17.7 Å². The fourth-order valence-corrected chi connectivity index (χ4v) is 6.33. The third kappa shape index (κ3) is 6.35. The molecule has 2 unspecified atom stereocenters. The van der Waals surface area contributed by atoms with Crippen molar-refractivity contribution in [3.63, 3.8) is 0 Å². The van der Waals surface area contributed by atoms with Gasteiger partial charge in [-0.25, -0.2) is 22.4 Å². The van der Waals surface area contributed by atoms with Crippen molar-refractivity contribution in [1.29, 1.82) is 0 Å². The van der Waals surface area contributed by atoms with Crippen LogP contribution in [0, 0.1) is 23.5 Å². The van der Waals surface area contributed by atoms with Crippen LogP contribution in [-0.4, -0.2) is 77.3 Å². The fraction of sp³-hybridized carbons (Fsp3) is 0.500. The lowest BCUT2D eigenvalue weighted by atomic mass is 9.80. The quantitative estimate of drug-likeness (QED) is 0.393. The van der Waals surface area contributed by atoms with Gasteiger partial charge in [0, 0.05) is 63.3 Å². The average Bonchev–Trinajstić information content (AvgIpc) is 3.39. The van der Waals surface area contributed by atoms with Crippen molar-refractivity contribution in [2.75, 3.05) is 32.7 Å². The summed E-state index contributed by atoms with van der Waals surface area (Å²) in [7, 11) is 0. The molecule has 2 aromatic carbocycles. The molecule has 2 aromatic rings. The maximum Gasteiger partial charge on any atom is 0.415 e. The maximum absolute atomic E-state index is 14.5. The van der Waals surface area contributed by atoms with E-state index in [4.69, 9.17) is 16.3 Å². The highest BCUT2D eigenvalue weighted by molar-refractivity contribution is 6.30. The summed E-state index contributed by atoms with van der Waals surface area (Å²) in [6.45, 7) is 3.02. The molecule has 42 heavy (non-hydrogen) atoms. The molecular weight excluding hydrogens is 578 g/mol. The number of carbonyl (C=O) groups excluding carboxylic acids is 3. The summed E-state index contributed by atoms with van der Waals surface area (Å²) in [6.07, 6.45) is -0.733. The summed E-state index contributed by atoms with van der Waals surface area (Å²) >= 11 is 5.91. The van der Waals surface area contributed by atoms with Gasteiger partial charge < -0.3 is 19.4 Å². The second-order valence-electron chi connectivity index (χ2n) is 11.3. The lowest BCUT2D eigenvalue weighted by Gasteiger charge is -2.40. The molecule has 2 aliphatic heterocycles. The average molecular weight is 610 g/mol. The van der Waals surface area contributed by atoms with Crippen LogP contribution in [-0.2, 0) is 9.59 Å². The lowest BCUT2D eigenvalue weighted by Crippen LogP contribution is -2.50. The Morgan fingerprint density at radius 2 is 1.60 bits per heavy atom. The third-order valence-corrected chi connectivity index (χ3v) is 8.87. The first kappa shape index (κ1) is 30.1. The van der Waals surface area contributed by atoms with Crippen molar-refractivity contribution in [1.82, 2.24) is 14.7 Å². The molecule has 12 heteroatoms. The number of carbonyl (C=O) groups is 3. The monoisotopic (exact) mass is 609 g/mol. The molecule has 2 saturated heterocycles. The molecule has 3 aliphatic rings. The van der Waals surface area contributed by atoms with E-state index < -0.39 is 54.4 Å². The highest BCUT2D eigenvalue weighted by Gasteiger charge is 2.50. The number of amides is 3. The molecule has 1 aliphatic carbocycles. The SMILES string of the molecule is CCN(C(=O)Oc1ccc(F)cc1)C1CN(C(=O)C2CCN(C(=O)C3CC(F)(F)C3)CC2)CC1c1ccc(Cl)c(F)c1. The van der Waals surface area contributed by atoms with Crippen LogP contribution in [0.5, 0.6) is 5.75 Å². The normalized spacial score (nSPS) is 22.5. The maximum atomic E-state index is 14.5. The van der Waals surface area contributed by atoms with E-state index in [1.54, 1.807) is 22.8 Å². The smallest absolute Gasteiger partial charge is 0.410 e. The van der Waals surface area contributed by atoms with Crippen LogP contribution >= 0.6 is 11.6 Å². The van der Waals surface area contributed by atoms with Gasteiger partial charge in [0.25, 0.3) is 0 Å². The van der Waals surface area contributed by atoms with E-state index in [0.29, 0.717) is 31.5 Å². The van der Waals surface area contributed by atoms with E-state index >= 15 is 0 Å². The van der Waals surface area contributed by atoms with Crippen molar-refractivity contribution in [2.24, 2.45) is 11.8 Å². The molecular formula is C30H32ClF4N3O4. The molecule has 2 atom stereocenters. The van der Waals surface area contributed by atoms with Crippen LogP contribution < -0.4 is 4.74 Å². The van der Waals surface area contributed by atoms with Gasteiger partial charge in [-0.15, -0.1) is 0 Å². The summed E-state index contributed by atoms with van der Waals surface area (Å²) in [6, 6.07) is 8.89. The highest BCUT2D eigenvalue weighted by Crippen LogP contribution is 2.43. The molecule has 0 radical (unpaired) electrons. The van der Waals surface area contributed by atoms with Gasteiger partial charge in [-0.3, -0.25) is 9.59 Å². The van der Waals surface area contributed by atoms with E-state index in [1.165, 1.54) is 41.3 Å². The number of benzene rings is 2. The lowest BCUT2D eigenvalue weighted by molar-refractivity contribution is -0.161. The molecule has 0 bridgehead atoms. The van der Waals surface area contributed by atoms with Crippen LogP contribution in [0.3, 0.4) is 0 Å². The number of alkyl halides is 2. The number of hydrogen-bond acceptors (Lipinski definition) is 4. The largest absolute Gasteiger partial charge is 0.415 e. The Kier molecular flexibility index (Phi) is 8.68. The van der Waals surface area contributed by atoms with Gasteiger partial charge in [-0.05, 0) is 61.7 Å². The van der Waals surface area contributed by atoms with Crippen molar-refractivity contribution in [2.45, 2.75) is 50.5 Å². The molecule has 2 heterocycles. The second-order valence-corrected chi connectivity index (χ2v) is 11.7. The molecule has 7 nitrogen and oxygen atoms in total. The van der Waals surface area contributed by atoms with Crippen molar-refractivity contribution >= 4 is 29.5 Å². The topological polar surface area (TPSA) is 70.2 Å². The first-order valence-corrected chi connectivity index (χ1v) is 14.5. The van der Waals surface area contributed by atoms with Gasteiger partial charge in [0.1, 0.15) is 17.4 Å². The summed E-state index contributed by atoms with van der Waals surface area (Å²) in [5.74, 6) is -5.61. The van der Waals surface area contributed by atoms with E-state index in [1.807, 2.05) is 0 Å². The molecule has 5 rings (SSSR count). The van der Waals surface area contributed by atoms with Gasteiger partial charge in [-0.2, -0.15) is 0 Å². The molecule has 0 spiro atoms. The predicted octanol–water partition coefficient (Wildman–Crippen LogP) is 5.72. The second kappa shape index (κ2) is 12.1. The number of hydrogen-bond donors (Lipinski definition) is 0. The van der Waals surface area contributed by atoms with E-state index in [2.05, 4.69) is 0 Å². The first-order valence-electron chi connectivity index (χ1n) is 14.1. The van der Waals surface area contributed by atoms with Gasteiger partial charge in [0.05, 0.1) is 11.1 Å². The van der Waals surface area contributed by atoms with Gasteiger partial charge in [0.15, 0.2) is 0 Å².